The van der Waals surface area contributed by atoms with E-state index in [1.807, 2.05) is 18.5 Å². The van der Waals surface area contributed by atoms with Crippen molar-refractivity contribution < 1.29 is 4.79 Å². The van der Waals surface area contributed by atoms with Crippen LogP contribution in [-0.4, -0.2) is 52.0 Å². The summed E-state index contributed by atoms with van der Waals surface area (Å²) >= 11 is 0. The van der Waals surface area contributed by atoms with Gasteiger partial charge in [0.05, 0.1) is 12.2 Å². The topological polar surface area (TPSA) is 63.1 Å². The molecular formula is C12H22ClN5O. The van der Waals surface area contributed by atoms with Crippen LogP contribution in [0.3, 0.4) is 0 Å². The summed E-state index contributed by atoms with van der Waals surface area (Å²) in [6.45, 7) is 7.36. The van der Waals surface area contributed by atoms with Crippen molar-refractivity contribution in [2.45, 2.75) is 32.7 Å². The lowest BCUT2D eigenvalue weighted by Gasteiger charge is -2.22. The van der Waals surface area contributed by atoms with E-state index >= 15 is 0 Å². The van der Waals surface area contributed by atoms with E-state index in [2.05, 4.69) is 15.6 Å². The Morgan fingerprint density at radius 1 is 1.42 bits per heavy atom. The molecule has 0 atom stereocenters. The molecule has 6 nitrogen and oxygen atoms in total. The average Bonchev–Trinajstić information content (AvgIpc) is 2.90. The van der Waals surface area contributed by atoms with E-state index in [4.69, 9.17) is 0 Å². The van der Waals surface area contributed by atoms with Crippen molar-refractivity contribution in [3.63, 3.8) is 0 Å². The molecule has 7 heteroatoms. The summed E-state index contributed by atoms with van der Waals surface area (Å²) in [6, 6.07) is 0.372. The van der Waals surface area contributed by atoms with E-state index in [0.29, 0.717) is 24.8 Å². The first kappa shape index (κ1) is 15.9. The number of amides is 1. The molecule has 108 valence electrons. The second-order valence-corrected chi connectivity index (χ2v) is 4.54. The van der Waals surface area contributed by atoms with Gasteiger partial charge in [0.25, 0.3) is 5.91 Å². The van der Waals surface area contributed by atoms with E-state index in [9.17, 15) is 4.79 Å². The molecule has 0 saturated carbocycles. The molecule has 0 spiro atoms. The molecule has 1 aliphatic heterocycles. The number of carbonyl (C=O) groups excluding carboxylic acids is 1. The highest BCUT2D eigenvalue weighted by molar-refractivity contribution is 5.91. The second kappa shape index (κ2) is 7.45. The molecule has 19 heavy (non-hydrogen) atoms. The van der Waals surface area contributed by atoms with Gasteiger partial charge >= 0.3 is 0 Å². The number of aromatic nitrogens is 3. The summed E-state index contributed by atoms with van der Waals surface area (Å²) in [5, 5.41) is 11.4. The van der Waals surface area contributed by atoms with Gasteiger partial charge in [-0.1, -0.05) is 5.21 Å². The van der Waals surface area contributed by atoms with Crippen LogP contribution in [-0.2, 0) is 0 Å². The lowest BCUT2D eigenvalue weighted by molar-refractivity contribution is 0.0767. The Morgan fingerprint density at radius 2 is 2.05 bits per heavy atom. The minimum atomic E-state index is -0.0276. The zero-order valence-corrected chi connectivity index (χ0v) is 12.3. The molecule has 1 saturated heterocycles. The molecule has 0 unspecified atom stereocenters. The van der Waals surface area contributed by atoms with E-state index in [0.717, 1.165) is 25.9 Å². The maximum Gasteiger partial charge on any atom is 0.276 e. The van der Waals surface area contributed by atoms with Crippen LogP contribution < -0.4 is 5.32 Å². The van der Waals surface area contributed by atoms with Crippen LogP contribution in [0.5, 0.6) is 0 Å². The Labute approximate surface area is 119 Å². The van der Waals surface area contributed by atoms with E-state index < -0.39 is 0 Å². The molecule has 1 amide bonds. The summed E-state index contributed by atoms with van der Waals surface area (Å²) in [4.78, 5) is 13.9. The maximum atomic E-state index is 12.1. The summed E-state index contributed by atoms with van der Waals surface area (Å²) in [6.07, 6.45) is 3.88. The fraction of sp³-hybridized carbons (Fsp3) is 0.750. The van der Waals surface area contributed by atoms with Gasteiger partial charge in [-0.3, -0.25) is 4.79 Å². The first-order chi connectivity index (χ1) is 8.76. The van der Waals surface area contributed by atoms with Crippen molar-refractivity contribution in [2.24, 2.45) is 0 Å². The van der Waals surface area contributed by atoms with Gasteiger partial charge in [0.1, 0.15) is 0 Å². The third-order valence-corrected chi connectivity index (χ3v) is 3.46. The minimum Gasteiger partial charge on any atom is -0.338 e. The Balaban J connectivity index is 0.00000180. The van der Waals surface area contributed by atoms with Crippen molar-refractivity contribution in [1.29, 1.82) is 0 Å². The maximum absolute atomic E-state index is 12.1. The number of hydrogen-bond donors (Lipinski definition) is 1. The molecule has 0 aromatic carbocycles. The molecule has 1 aliphatic rings. The lowest BCUT2D eigenvalue weighted by Crippen LogP contribution is -2.31. The lowest BCUT2D eigenvalue weighted by atomic mass is 10.1. The Bertz CT molecular complexity index is 399. The third kappa shape index (κ3) is 3.67. The van der Waals surface area contributed by atoms with E-state index in [-0.39, 0.29) is 18.3 Å². The Morgan fingerprint density at radius 3 is 2.63 bits per heavy atom. The molecule has 1 aromatic rings. The summed E-state index contributed by atoms with van der Waals surface area (Å²) < 4.78 is 1.84. The van der Waals surface area contributed by atoms with Gasteiger partial charge in [0.2, 0.25) is 0 Å². The number of rotatable bonds is 4. The van der Waals surface area contributed by atoms with Crippen molar-refractivity contribution >= 4 is 18.3 Å². The van der Waals surface area contributed by atoms with Crippen LogP contribution in [0.1, 0.15) is 43.2 Å². The largest absolute Gasteiger partial charge is 0.338 e. The molecule has 2 rings (SSSR count). The van der Waals surface area contributed by atoms with Gasteiger partial charge in [-0.15, -0.1) is 17.5 Å². The second-order valence-electron chi connectivity index (χ2n) is 4.54. The van der Waals surface area contributed by atoms with Crippen molar-refractivity contribution in [3.8, 4) is 0 Å². The van der Waals surface area contributed by atoms with Crippen molar-refractivity contribution in [3.05, 3.63) is 11.9 Å². The standard InChI is InChI=1S/C12H21N5O.ClH/c1-3-16(4-2)12(18)11-9-17(15-14-11)10-5-7-13-8-6-10;/h9-10,13H,3-8H2,1-2H3;1H. The normalized spacial score (nSPS) is 15.9. The fourth-order valence-electron chi connectivity index (χ4n) is 2.30. The molecule has 1 fully saturated rings. The SMILES string of the molecule is CCN(CC)C(=O)c1cn(C2CCNCC2)nn1.Cl. The first-order valence-electron chi connectivity index (χ1n) is 6.68. The monoisotopic (exact) mass is 287 g/mol. The average molecular weight is 288 g/mol. The number of carbonyl (C=O) groups is 1. The minimum absolute atomic E-state index is 0. The quantitative estimate of drug-likeness (QED) is 0.901. The Kier molecular flexibility index (Phi) is 6.24. The smallest absolute Gasteiger partial charge is 0.276 e. The molecule has 1 N–H and O–H groups in total. The van der Waals surface area contributed by atoms with Crippen LogP contribution in [0.15, 0.2) is 6.20 Å². The summed E-state index contributed by atoms with van der Waals surface area (Å²) in [5.41, 5.74) is 0.456. The molecular weight excluding hydrogens is 266 g/mol. The number of halogens is 1. The Hall–Kier alpha value is -1.14. The summed E-state index contributed by atoms with van der Waals surface area (Å²) in [7, 11) is 0. The van der Waals surface area contributed by atoms with Crippen molar-refractivity contribution in [1.82, 2.24) is 25.2 Å². The van der Waals surface area contributed by atoms with Crippen molar-refractivity contribution in [2.75, 3.05) is 26.2 Å². The zero-order valence-electron chi connectivity index (χ0n) is 11.5. The fourth-order valence-corrected chi connectivity index (χ4v) is 2.30. The highest BCUT2D eigenvalue weighted by Crippen LogP contribution is 2.17. The van der Waals surface area contributed by atoms with Gasteiger partial charge in [-0.2, -0.15) is 0 Å². The van der Waals surface area contributed by atoms with Gasteiger partial charge in [-0.25, -0.2) is 4.68 Å². The van der Waals surface area contributed by atoms with E-state index in [1.54, 1.807) is 11.1 Å². The number of hydrogen-bond acceptors (Lipinski definition) is 4. The predicted octanol–water partition coefficient (Wildman–Crippen LogP) is 1.11. The highest BCUT2D eigenvalue weighted by Gasteiger charge is 2.20. The number of nitrogens with zero attached hydrogens (tertiary/aromatic N) is 4. The molecule has 2 heterocycles. The van der Waals surface area contributed by atoms with Crippen LogP contribution >= 0.6 is 12.4 Å². The number of piperidine rings is 1. The predicted molar refractivity (Wildman–Crippen MR) is 75.7 cm³/mol. The molecule has 0 aliphatic carbocycles. The first-order valence-corrected chi connectivity index (χ1v) is 6.68. The third-order valence-electron chi connectivity index (χ3n) is 3.46. The molecule has 1 aromatic heterocycles. The van der Waals surface area contributed by atoms with Gasteiger partial charge in [0.15, 0.2) is 5.69 Å². The van der Waals surface area contributed by atoms with Crippen LogP contribution in [0.4, 0.5) is 0 Å². The molecule has 0 bridgehead atoms. The van der Waals surface area contributed by atoms with Gasteiger partial charge in [0, 0.05) is 13.1 Å². The van der Waals surface area contributed by atoms with Gasteiger partial charge < -0.3 is 10.2 Å². The van der Waals surface area contributed by atoms with Gasteiger partial charge in [-0.05, 0) is 39.8 Å². The number of nitrogens with one attached hydrogen (secondary N) is 1. The highest BCUT2D eigenvalue weighted by atomic mass is 35.5. The van der Waals surface area contributed by atoms with Crippen LogP contribution in [0.2, 0.25) is 0 Å². The van der Waals surface area contributed by atoms with E-state index in [1.165, 1.54) is 0 Å². The van der Waals surface area contributed by atoms with Crippen LogP contribution in [0.25, 0.3) is 0 Å². The summed E-state index contributed by atoms with van der Waals surface area (Å²) in [5.74, 6) is -0.0276. The zero-order chi connectivity index (χ0) is 13.0. The van der Waals surface area contributed by atoms with Crippen LogP contribution in [0, 0.1) is 0 Å². The molecule has 0 radical (unpaired) electrons.